The molecule has 2 aromatic carbocycles. The van der Waals surface area contributed by atoms with Crippen LogP contribution in [0.2, 0.25) is 5.02 Å². The summed E-state index contributed by atoms with van der Waals surface area (Å²) in [7, 11) is 4.48. The van der Waals surface area contributed by atoms with Crippen molar-refractivity contribution in [2.24, 2.45) is 10.2 Å². The maximum atomic E-state index is 13.1. The van der Waals surface area contributed by atoms with E-state index in [1.54, 1.807) is 50.2 Å². The first-order chi connectivity index (χ1) is 14.4. The Kier molecular flexibility index (Phi) is 6.37. The van der Waals surface area contributed by atoms with Gasteiger partial charge in [-0.05, 0) is 50.2 Å². The summed E-state index contributed by atoms with van der Waals surface area (Å²) in [5.74, 6) is 0.805. The fourth-order valence-corrected chi connectivity index (χ4v) is 3.05. The molecule has 0 saturated heterocycles. The molecule has 156 valence electrons. The first kappa shape index (κ1) is 21.3. The molecule has 30 heavy (non-hydrogen) atoms. The van der Waals surface area contributed by atoms with Gasteiger partial charge < -0.3 is 14.2 Å². The molecule has 0 aliphatic heterocycles. The van der Waals surface area contributed by atoms with Gasteiger partial charge >= 0.3 is 0 Å². The third-order valence-electron chi connectivity index (χ3n) is 4.45. The molecule has 1 heterocycles. The molecule has 8 nitrogen and oxygen atoms in total. The monoisotopic (exact) mass is 428 g/mol. The number of rotatable bonds is 6. The molecule has 0 radical (unpaired) electrons. The highest BCUT2D eigenvalue weighted by atomic mass is 35.5. The Bertz CT molecular complexity index is 1080. The van der Waals surface area contributed by atoms with E-state index in [2.05, 4.69) is 15.3 Å². The largest absolute Gasteiger partial charge is 0.493 e. The maximum Gasteiger partial charge on any atom is 0.278 e. The summed E-state index contributed by atoms with van der Waals surface area (Å²) >= 11 is 5.89. The van der Waals surface area contributed by atoms with E-state index in [4.69, 9.17) is 25.8 Å². The van der Waals surface area contributed by atoms with Gasteiger partial charge in [0.05, 0.1) is 38.4 Å². The van der Waals surface area contributed by atoms with E-state index >= 15 is 0 Å². The van der Waals surface area contributed by atoms with Crippen LogP contribution in [-0.2, 0) is 0 Å². The Hall–Kier alpha value is -3.39. The van der Waals surface area contributed by atoms with Gasteiger partial charge in [0.15, 0.2) is 11.5 Å². The van der Waals surface area contributed by atoms with Crippen molar-refractivity contribution in [2.45, 2.75) is 13.8 Å². The van der Waals surface area contributed by atoms with Crippen LogP contribution in [0.3, 0.4) is 0 Å². The second kappa shape index (κ2) is 8.96. The second-order valence-electron chi connectivity index (χ2n) is 6.33. The number of halogens is 1. The number of hydrogen-bond donors (Lipinski definition) is 0. The second-order valence-corrected chi connectivity index (χ2v) is 6.76. The summed E-state index contributed by atoms with van der Waals surface area (Å²) in [6.07, 6.45) is 0. The number of aromatic nitrogens is 2. The molecule has 0 bridgehead atoms. The lowest BCUT2D eigenvalue weighted by Gasteiger charge is -2.13. The molecule has 0 N–H and O–H groups in total. The van der Waals surface area contributed by atoms with Crippen LogP contribution in [0.4, 0.5) is 11.4 Å². The van der Waals surface area contributed by atoms with Crippen LogP contribution in [0.1, 0.15) is 21.7 Å². The Morgan fingerprint density at radius 1 is 0.967 bits per heavy atom. The van der Waals surface area contributed by atoms with Crippen molar-refractivity contribution in [1.29, 1.82) is 0 Å². The molecule has 9 heteroatoms. The Morgan fingerprint density at radius 2 is 1.57 bits per heavy atom. The lowest BCUT2D eigenvalue weighted by Crippen LogP contribution is -2.15. The molecular formula is C21H21ClN4O4. The van der Waals surface area contributed by atoms with E-state index in [0.717, 1.165) is 0 Å². The maximum absolute atomic E-state index is 13.1. The first-order valence-electron chi connectivity index (χ1n) is 8.97. The zero-order chi connectivity index (χ0) is 21.8. The number of methoxy groups -OCH3 is 3. The zero-order valence-electron chi connectivity index (χ0n) is 17.3. The number of nitrogens with zero attached hydrogens (tertiary/aromatic N) is 4. The van der Waals surface area contributed by atoms with Gasteiger partial charge in [0.25, 0.3) is 5.91 Å². The van der Waals surface area contributed by atoms with Crippen LogP contribution < -0.4 is 14.2 Å². The topological polar surface area (TPSA) is 87.3 Å². The summed E-state index contributed by atoms with van der Waals surface area (Å²) in [6.45, 7) is 3.52. The summed E-state index contributed by atoms with van der Waals surface area (Å²) in [6, 6.07) is 10.1. The van der Waals surface area contributed by atoms with Crippen molar-refractivity contribution in [2.75, 3.05) is 21.3 Å². The van der Waals surface area contributed by atoms with E-state index in [1.807, 2.05) is 0 Å². The van der Waals surface area contributed by atoms with Crippen molar-refractivity contribution in [1.82, 2.24) is 9.78 Å². The van der Waals surface area contributed by atoms with Crippen LogP contribution in [0.5, 0.6) is 17.2 Å². The summed E-state index contributed by atoms with van der Waals surface area (Å²) in [4.78, 5) is 13.1. The number of benzene rings is 2. The highest BCUT2D eigenvalue weighted by Crippen LogP contribution is 2.38. The minimum Gasteiger partial charge on any atom is -0.493 e. The summed E-state index contributed by atoms with van der Waals surface area (Å²) in [5, 5.41) is 13.4. The van der Waals surface area contributed by atoms with Crippen molar-refractivity contribution < 1.29 is 19.0 Å². The predicted molar refractivity (Wildman–Crippen MR) is 113 cm³/mol. The van der Waals surface area contributed by atoms with E-state index in [0.29, 0.717) is 50.6 Å². The van der Waals surface area contributed by atoms with Crippen LogP contribution in [0, 0.1) is 13.8 Å². The Labute approximate surface area is 179 Å². The molecule has 0 fully saturated rings. The quantitative estimate of drug-likeness (QED) is 0.498. The fraction of sp³-hybridized carbons (Fsp3) is 0.238. The molecule has 0 amide bonds. The SMILES string of the molecule is COc1cc(C(=O)n2nc(C)c(N=Nc3ccc(Cl)cc3)c2C)cc(OC)c1OC. The van der Waals surface area contributed by atoms with Gasteiger partial charge in [-0.1, -0.05) is 11.6 Å². The number of azo groups is 1. The van der Waals surface area contributed by atoms with Gasteiger partial charge in [-0.15, -0.1) is 5.11 Å². The molecule has 0 saturated carbocycles. The van der Waals surface area contributed by atoms with Gasteiger partial charge in [0, 0.05) is 10.6 Å². The van der Waals surface area contributed by atoms with Crippen LogP contribution in [0.15, 0.2) is 46.6 Å². The molecular weight excluding hydrogens is 408 g/mol. The fourth-order valence-electron chi connectivity index (χ4n) is 2.92. The van der Waals surface area contributed by atoms with Crippen molar-refractivity contribution in [3.8, 4) is 17.2 Å². The molecule has 0 atom stereocenters. The average Bonchev–Trinajstić information content (AvgIpc) is 3.04. The highest BCUT2D eigenvalue weighted by Gasteiger charge is 2.22. The minimum absolute atomic E-state index is 0.330. The Morgan fingerprint density at radius 3 is 2.10 bits per heavy atom. The smallest absolute Gasteiger partial charge is 0.278 e. The zero-order valence-corrected chi connectivity index (χ0v) is 18.0. The number of carbonyl (C=O) groups is 1. The van der Waals surface area contributed by atoms with E-state index < -0.39 is 0 Å². The van der Waals surface area contributed by atoms with Gasteiger partial charge in [-0.3, -0.25) is 4.79 Å². The van der Waals surface area contributed by atoms with Crippen molar-refractivity contribution in [3.63, 3.8) is 0 Å². The molecule has 0 unspecified atom stereocenters. The van der Waals surface area contributed by atoms with E-state index in [-0.39, 0.29) is 5.91 Å². The Balaban J connectivity index is 1.98. The molecule has 0 aliphatic carbocycles. The normalized spacial score (nSPS) is 11.0. The number of hydrogen-bond acceptors (Lipinski definition) is 7. The lowest BCUT2D eigenvalue weighted by atomic mass is 10.1. The van der Waals surface area contributed by atoms with Crippen LogP contribution in [-0.4, -0.2) is 37.0 Å². The van der Waals surface area contributed by atoms with Gasteiger partial charge in [-0.25, -0.2) is 0 Å². The highest BCUT2D eigenvalue weighted by molar-refractivity contribution is 6.30. The first-order valence-corrected chi connectivity index (χ1v) is 9.35. The standard InChI is InChI=1S/C21H21ClN4O4/c1-12-19(24-23-16-8-6-15(22)7-9-16)13(2)26(25-12)21(27)14-10-17(28-3)20(30-5)18(11-14)29-4/h6-11H,1-5H3. The minimum atomic E-state index is -0.359. The number of ether oxygens (including phenoxy) is 3. The van der Waals surface area contributed by atoms with Gasteiger partial charge in [0.2, 0.25) is 5.75 Å². The van der Waals surface area contributed by atoms with Crippen LogP contribution in [0.25, 0.3) is 0 Å². The van der Waals surface area contributed by atoms with Crippen LogP contribution >= 0.6 is 11.6 Å². The summed E-state index contributed by atoms with van der Waals surface area (Å²) in [5.41, 5.74) is 2.62. The molecule has 0 spiro atoms. The average molecular weight is 429 g/mol. The predicted octanol–water partition coefficient (Wildman–Crippen LogP) is 5.28. The third-order valence-corrected chi connectivity index (χ3v) is 4.70. The molecule has 0 aliphatic rings. The molecule has 1 aromatic heterocycles. The third kappa shape index (κ3) is 4.13. The molecule has 3 rings (SSSR count). The van der Waals surface area contributed by atoms with Gasteiger partial charge in [-0.2, -0.15) is 14.9 Å². The van der Waals surface area contributed by atoms with E-state index in [9.17, 15) is 4.79 Å². The number of carbonyl (C=O) groups excluding carboxylic acids is 1. The van der Waals surface area contributed by atoms with Crippen molar-refractivity contribution >= 4 is 28.9 Å². The molecule has 3 aromatic rings. The van der Waals surface area contributed by atoms with E-state index in [1.165, 1.54) is 26.0 Å². The number of aryl methyl sites for hydroxylation is 1. The van der Waals surface area contributed by atoms with Gasteiger partial charge in [0.1, 0.15) is 5.69 Å². The lowest BCUT2D eigenvalue weighted by molar-refractivity contribution is 0.0941. The summed E-state index contributed by atoms with van der Waals surface area (Å²) < 4.78 is 17.3. The van der Waals surface area contributed by atoms with Crippen molar-refractivity contribution in [3.05, 3.63) is 58.4 Å².